The van der Waals surface area contributed by atoms with Gasteiger partial charge in [-0.1, -0.05) is 25.1 Å². The van der Waals surface area contributed by atoms with Gasteiger partial charge in [0.1, 0.15) is 11.6 Å². The van der Waals surface area contributed by atoms with E-state index in [2.05, 4.69) is 34.5 Å². The summed E-state index contributed by atoms with van der Waals surface area (Å²) in [7, 11) is 0. The maximum Gasteiger partial charge on any atom is 0.261 e. The van der Waals surface area contributed by atoms with Crippen molar-refractivity contribution in [3.05, 3.63) is 59.9 Å². The van der Waals surface area contributed by atoms with Crippen molar-refractivity contribution >= 4 is 11.6 Å². The fraction of sp³-hybridized carbons (Fsp3) is 0.381. The summed E-state index contributed by atoms with van der Waals surface area (Å²) in [6.45, 7) is 4.47. The Kier molecular flexibility index (Phi) is 6.10. The zero-order chi connectivity index (χ0) is 18.4. The molecule has 0 saturated heterocycles. The van der Waals surface area contributed by atoms with Gasteiger partial charge in [-0.15, -0.1) is 0 Å². The number of carbonyl (C=O) groups is 1. The molecule has 1 aliphatic heterocycles. The zero-order valence-corrected chi connectivity index (χ0v) is 15.1. The Bertz CT molecular complexity index is 733. The molecule has 1 unspecified atom stereocenters. The second-order valence-electron chi connectivity index (χ2n) is 6.48. The minimum Gasteiger partial charge on any atom is -0.481 e. The van der Waals surface area contributed by atoms with Crippen LogP contribution in [0.15, 0.2) is 48.5 Å². The highest BCUT2D eigenvalue weighted by Gasteiger charge is 2.19. The number of nitrogens with one attached hydrogen (secondary N) is 1. The molecule has 1 heterocycles. The van der Waals surface area contributed by atoms with Gasteiger partial charge in [0.25, 0.3) is 5.91 Å². The van der Waals surface area contributed by atoms with Crippen LogP contribution in [0.2, 0.25) is 0 Å². The summed E-state index contributed by atoms with van der Waals surface area (Å²) in [6, 6.07) is 14.2. The van der Waals surface area contributed by atoms with E-state index in [0.717, 1.165) is 25.9 Å². The van der Waals surface area contributed by atoms with Crippen LogP contribution in [0, 0.1) is 5.82 Å². The number of hydrogen-bond donors (Lipinski definition) is 1. The van der Waals surface area contributed by atoms with Gasteiger partial charge in [0, 0.05) is 25.3 Å². The third-order valence-electron chi connectivity index (χ3n) is 4.64. The number of rotatable bonds is 8. The molecule has 0 radical (unpaired) electrons. The molecule has 1 aliphatic rings. The Morgan fingerprint density at radius 3 is 2.77 bits per heavy atom. The standard InChI is InChI=1S/C21H25FN2O2/c1-2-20(26-18-10-8-17(22)9-11-18)21(25)23-13-5-14-24-15-12-16-6-3-4-7-19(16)24/h3-4,6-11,20H,2,5,12-15H2,1H3,(H,23,25). The Morgan fingerprint density at radius 1 is 1.23 bits per heavy atom. The van der Waals surface area contributed by atoms with E-state index >= 15 is 0 Å². The number of ether oxygens (including phenoxy) is 1. The summed E-state index contributed by atoms with van der Waals surface area (Å²) in [5.74, 6) is 0.0547. The summed E-state index contributed by atoms with van der Waals surface area (Å²) >= 11 is 0. The first kappa shape index (κ1) is 18.2. The van der Waals surface area contributed by atoms with E-state index in [9.17, 15) is 9.18 Å². The second kappa shape index (κ2) is 8.70. The Hall–Kier alpha value is -2.56. The first-order valence-electron chi connectivity index (χ1n) is 9.20. The number of fused-ring (bicyclic) bond motifs is 1. The lowest BCUT2D eigenvalue weighted by Gasteiger charge is -2.20. The zero-order valence-electron chi connectivity index (χ0n) is 15.1. The van der Waals surface area contributed by atoms with Gasteiger partial charge in [0.05, 0.1) is 0 Å². The van der Waals surface area contributed by atoms with Crippen LogP contribution >= 0.6 is 0 Å². The molecule has 1 atom stereocenters. The van der Waals surface area contributed by atoms with Crippen molar-refractivity contribution in [3.63, 3.8) is 0 Å². The van der Waals surface area contributed by atoms with Crippen molar-refractivity contribution in [2.75, 3.05) is 24.5 Å². The van der Waals surface area contributed by atoms with Gasteiger partial charge < -0.3 is 15.0 Å². The molecule has 2 aromatic rings. The molecule has 0 aliphatic carbocycles. The third kappa shape index (κ3) is 4.54. The van der Waals surface area contributed by atoms with Gasteiger partial charge in [-0.25, -0.2) is 4.39 Å². The van der Waals surface area contributed by atoms with Crippen LogP contribution in [0.4, 0.5) is 10.1 Å². The van der Waals surface area contributed by atoms with E-state index in [1.165, 1.54) is 35.5 Å². The van der Waals surface area contributed by atoms with Gasteiger partial charge in [0.15, 0.2) is 6.10 Å². The Balaban J connectivity index is 1.42. The third-order valence-corrected chi connectivity index (χ3v) is 4.64. The highest BCUT2D eigenvalue weighted by Crippen LogP contribution is 2.27. The highest BCUT2D eigenvalue weighted by atomic mass is 19.1. The van der Waals surface area contributed by atoms with E-state index in [1.807, 2.05) is 6.92 Å². The number of nitrogens with zero attached hydrogens (tertiary/aromatic N) is 1. The first-order valence-corrected chi connectivity index (χ1v) is 9.20. The molecule has 0 fully saturated rings. The number of anilines is 1. The molecule has 1 N–H and O–H groups in total. The Morgan fingerprint density at radius 2 is 2.00 bits per heavy atom. The predicted molar refractivity (Wildman–Crippen MR) is 101 cm³/mol. The van der Waals surface area contributed by atoms with Crippen LogP contribution < -0.4 is 15.0 Å². The number of para-hydroxylation sites is 1. The smallest absolute Gasteiger partial charge is 0.261 e. The van der Waals surface area contributed by atoms with Gasteiger partial charge in [-0.2, -0.15) is 0 Å². The van der Waals surface area contributed by atoms with Crippen LogP contribution in [0.25, 0.3) is 0 Å². The molecule has 0 aromatic heterocycles. The molecular formula is C21H25FN2O2. The maximum absolute atomic E-state index is 13.0. The molecule has 3 rings (SSSR count). The molecule has 0 saturated carbocycles. The molecular weight excluding hydrogens is 331 g/mol. The van der Waals surface area contributed by atoms with E-state index in [4.69, 9.17) is 4.74 Å². The molecule has 5 heteroatoms. The summed E-state index contributed by atoms with van der Waals surface area (Å²) in [6.07, 6.45) is 1.97. The number of halogens is 1. The molecule has 2 aromatic carbocycles. The summed E-state index contributed by atoms with van der Waals surface area (Å²) in [4.78, 5) is 14.7. The Labute approximate surface area is 154 Å². The minimum absolute atomic E-state index is 0.126. The van der Waals surface area contributed by atoms with Crippen LogP contribution in [0.3, 0.4) is 0 Å². The van der Waals surface area contributed by atoms with Crippen molar-refractivity contribution in [1.29, 1.82) is 0 Å². The van der Waals surface area contributed by atoms with Crippen LogP contribution in [0.1, 0.15) is 25.3 Å². The molecule has 0 spiro atoms. The van der Waals surface area contributed by atoms with Crippen LogP contribution in [-0.2, 0) is 11.2 Å². The summed E-state index contributed by atoms with van der Waals surface area (Å²) in [5.41, 5.74) is 2.71. The molecule has 138 valence electrons. The normalized spacial score (nSPS) is 14.0. The van der Waals surface area contributed by atoms with Crippen LogP contribution in [0.5, 0.6) is 5.75 Å². The SMILES string of the molecule is CCC(Oc1ccc(F)cc1)C(=O)NCCCN1CCc2ccccc21. The second-order valence-corrected chi connectivity index (χ2v) is 6.48. The average molecular weight is 356 g/mol. The quantitative estimate of drug-likeness (QED) is 0.736. The summed E-state index contributed by atoms with van der Waals surface area (Å²) < 4.78 is 18.6. The monoisotopic (exact) mass is 356 g/mol. The van der Waals surface area contributed by atoms with E-state index in [-0.39, 0.29) is 11.7 Å². The van der Waals surface area contributed by atoms with Gasteiger partial charge >= 0.3 is 0 Å². The molecule has 26 heavy (non-hydrogen) atoms. The van der Waals surface area contributed by atoms with Crippen molar-refractivity contribution in [3.8, 4) is 5.75 Å². The fourth-order valence-corrected chi connectivity index (χ4v) is 3.23. The largest absolute Gasteiger partial charge is 0.481 e. The average Bonchev–Trinajstić information content (AvgIpc) is 3.08. The van der Waals surface area contributed by atoms with Gasteiger partial charge in [-0.05, 0) is 55.2 Å². The predicted octanol–water partition coefficient (Wildman–Crippen LogP) is 3.55. The number of benzene rings is 2. The van der Waals surface area contributed by atoms with Crippen molar-refractivity contribution in [2.45, 2.75) is 32.3 Å². The van der Waals surface area contributed by atoms with Crippen molar-refractivity contribution in [1.82, 2.24) is 5.32 Å². The van der Waals surface area contributed by atoms with Gasteiger partial charge in [-0.3, -0.25) is 4.79 Å². The fourth-order valence-electron chi connectivity index (χ4n) is 3.23. The molecule has 0 bridgehead atoms. The molecule has 1 amide bonds. The maximum atomic E-state index is 13.0. The number of carbonyl (C=O) groups excluding carboxylic acids is 1. The number of amides is 1. The minimum atomic E-state index is -0.562. The lowest BCUT2D eigenvalue weighted by molar-refractivity contribution is -0.128. The highest BCUT2D eigenvalue weighted by molar-refractivity contribution is 5.81. The van der Waals surface area contributed by atoms with Gasteiger partial charge in [0.2, 0.25) is 0 Å². The van der Waals surface area contributed by atoms with E-state index in [1.54, 1.807) is 0 Å². The summed E-state index contributed by atoms with van der Waals surface area (Å²) in [5, 5.41) is 2.95. The van der Waals surface area contributed by atoms with E-state index in [0.29, 0.717) is 18.7 Å². The van der Waals surface area contributed by atoms with Crippen LogP contribution in [-0.4, -0.2) is 31.6 Å². The first-order chi connectivity index (χ1) is 12.7. The van der Waals surface area contributed by atoms with Crippen molar-refractivity contribution < 1.29 is 13.9 Å². The topological polar surface area (TPSA) is 41.6 Å². The lowest BCUT2D eigenvalue weighted by atomic mass is 10.2. The number of hydrogen-bond acceptors (Lipinski definition) is 3. The lowest BCUT2D eigenvalue weighted by Crippen LogP contribution is -2.39. The van der Waals surface area contributed by atoms with E-state index < -0.39 is 6.10 Å². The van der Waals surface area contributed by atoms with Crippen molar-refractivity contribution in [2.24, 2.45) is 0 Å². The molecule has 4 nitrogen and oxygen atoms in total.